The van der Waals surface area contributed by atoms with E-state index in [2.05, 4.69) is 28.2 Å². The molecule has 2 aliphatic rings. The molecule has 2 fully saturated rings. The maximum atomic E-state index is 14.5. The van der Waals surface area contributed by atoms with Gasteiger partial charge < -0.3 is 20.7 Å². The number of sulfone groups is 1. The molecule has 1 aromatic carbocycles. The van der Waals surface area contributed by atoms with Crippen molar-refractivity contribution in [1.82, 2.24) is 15.0 Å². The highest BCUT2D eigenvalue weighted by Crippen LogP contribution is 2.40. The number of benzene rings is 1. The van der Waals surface area contributed by atoms with Crippen LogP contribution in [0, 0.1) is 5.92 Å². The number of alkyl halides is 1. The third-order valence-corrected chi connectivity index (χ3v) is 9.35. The largest absolute Gasteiger partial charge is 0.378 e. The Hall–Kier alpha value is -2.89. The topological polar surface area (TPSA) is 123 Å². The van der Waals surface area contributed by atoms with Crippen molar-refractivity contribution in [2.24, 2.45) is 11.7 Å². The number of rotatable bonds is 8. The van der Waals surface area contributed by atoms with Crippen molar-refractivity contribution in [1.29, 1.82) is 0 Å². The van der Waals surface area contributed by atoms with Crippen molar-refractivity contribution in [3.63, 3.8) is 0 Å². The first-order valence-corrected chi connectivity index (χ1v) is 15.8. The molecule has 3 heterocycles. The summed E-state index contributed by atoms with van der Waals surface area (Å²) in [4.78, 5) is 16.0. The molecular weight excluding hydrogens is 531 g/mol. The SMILES string of the molecule is CO[C@H]1CCC(c2nccc(Nc3cc4c(C(C)(C)N)ccc(N5CC(CS(C)(=O)=O)[C@H]5C)c4cn3)n2)C[C@H]1F. The van der Waals surface area contributed by atoms with Crippen LogP contribution in [0.2, 0.25) is 0 Å². The number of aromatic nitrogens is 3. The molecule has 40 heavy (non-hydrogen) atoms. The number of halogens is 1. The molecule has 5 rings (SSSR count). The number of nitrogens with zero attached hydrogens (tertiary/aromatic N) is 4. The van der Waals surface area contributed by atoms with Gasteiger partial charge in [0.05, 0.1) is 11.9 Å². The Labute approximate surface area is 235 Å². The fraction of sp³-hybridized carbons (Fsp3) is 0.552. The van der Waals surface area contributed by atoms with Crippen molar-refractivity contribution in [3.05, 3.63) is 48.0 Å². The highest BCUT2D eigenvalue weighted by Gasteiger charge is 2.38. The zero-order chi connectivity index (χ0) is 28.8. The molecule has 5 atom stereocenters. The average molecular weight is 571 g/mol. The molecule has 0 radical (unpaired) electrons. The van der Waals surface area contributed by atoms with E-state index >= 15 is 0 Å². The van der Waals surface area contributed by atoms with Gasteiger partial charge in [0.15, 0.2) is 0 Å². The molecule has 9 nitrogen and oxygen atoms in total. The van der Waals surface area contributed by atoms with Gasteiger partial charge in [0.25, 0.3) is 0 Å². The van der Waals surface area contributed by atoms with Crippen molar-refractivity contribution in [3.8, 4) is 0 Å². The molecule has 3 aromatic rings. The molecule has 3 N–H and O–H groups in total. The van der Waals surface area contributed by atoms with E-state index in [1.165, 1.54) is 6.26 Å². The fourth-order valence-corrected chi connectivity index (χ4v) is 7.21. The summed E-state index contributed by atoms with van der Waals surface area (Å²) in [5.74, 6) is 2.02. The fourth-order valence-electron chi connectivity index (χ4n) is 6.05. The number of fused-ring (bicyclic) bond motifs is 1. The summed E-state index contributed by atoms with van der Waals surface area (Å²) in [6.07, 6.45) is 5.16. The first kappa shape index (κ1) is 28.6. The van der Waals surface area contributed by atoms with Crippen LogP contribution in [0.4, 0.5) is 21.7 Å². The lowest BCUT2D eigenvalue weighted by Crippen LogP contribution is -2.57. The van der Waals surface area contributed by atoms with Crippen LogP contribution in [-0.2, 0) is 20.1 Å². The highest BCUT2D eigenvalue weighted by atomic mass is 32.2. The van der Waals surface area contributed by atoms with Crippen LogP contribution in [0.15, 0.2) is 36.7 Å². The number of hydrogen-bond acceptors (Lipinski definition) is 9. The Morgan fingerprint density at radius 2 is 1.95 bits per heavy atom. The Balaban J connectivity index is 1.42. The molecule has 1 aliphatic heterocycles. The first-order chi connectivity index (χ1) is 18.8. The first-order valence-electron chi connectivity index (χ1n) is 13.8. The van der Waals surface area contributed by atoms with Gasteiger partial charge >= 0.3 is 0 Å². The molecule has 0 spiro atoms. The zero-order valence-electron chi connectivity index (χ0n) is 23.8. The Morgan fingerprint density at radius 3 is 2.60 bits per heavy atom. The number of anilines is 3. The molecular formula is C29H39FN6O3S. The van der Waals surface area contributed by atoms with E-state index in [-0.39, 0.29) is 29.7 Å². The summed E-state index contributed by atoms with van der Waals surface area (Å²) in [5, 5.41) is 5.23. The van der Waals surface area contributed by atoms with Crippen LogP contribution in [0.3, 0.4) is 0 Å². The lowest BCUT2D eigenvalue weighted by atomic mass is 9.85. The smallest absolute Gasteiger partial charge is 0.147 e. The average Bonchev–Trinajstić information content (AvgIpc) is 2.89. The normalized spacial score (nSPS) is 25.6. The maximum Gasteiger partial charge on any atom is 0.147 e. The summed E-state index contributed by atoms with van der Waals surface area (Å²) in [6.45, 7) is 6.67. The second kappa shape index (κ2) is 10.8. The molecule has 0 bridgehead atoms. The maximum absolute atomic E-state index is 14.5. The van der Waals surface area contributed by atoms with Crippen LogP contribution < -0.4 is 16.0 Å². The molecule has 0 amide bonds. The lowest BCUT2D eigenvalue weighted by Gasteiger charge is -2.48. The van der Waals surface area contributed by atoms with Gasteiger partial charge in [-0.1, -0.05) is 6.07 Å². The van der Waals surface area contributed by atoms with E-state index in [0.717, 1.165) is 28.4 Å². The summed E-state index contributed by atoms with van der Waals surface area (Å²) in [5.41, 5.74) is 7.96. The van der Waals surface area contributed by atoms with Crippen LogP contribution in [-0.4, -0.2) is 67.4 Å². The molecule has 1 aliphatic carbocycles. The molecule has 216 valence electrons. The number of ether oxygens (including phenoxy) is 1. The van der Waals surface area contributed by atoms with E-state index in [4.69, 9.17) is 20.4 Å². The lowest BCUT2D eigenvalue weighted by molar-refractivity contribution is -0.000440. The number of nitrogens with two attached hydrogens (primary N) is 1. The van der Waals surface area contributed by atoms with E-state index < -0.39 is 21.5 Å². The molecule has 1 saturated carbocycles. The van der Waals surface area contributed by atoms with Crippen molar-refractivity contribution < 1.29 is 17.5 Å². The van der Waals surface area contributed by atoms with Gasteiger partial charge in [-0.05, 0) is 69.2 Å². The highest BCUT2D eigenvalue weighted by molar-refractivity contribution is 7.90. The summed E-state index contributed by atoms with van der Waals surface area (Å²) in [6, 6.07) is 7.95. The molecule has 2 unspecified atom stereocenters. The van der Waals surface area contributed by atoms with Gasteiger partial charge in [-0.15, -0.1) is 0 Å². The van der Waals surface area contributed by atoms with Crippen LogP contribution >= 0.6 is 0 Å². The van der Waals surface area contributed by atoms with Gasteiger partial charge in [0.2, 0.25) is 0 Å². The van der Waals surface area contributed by atoms with Gasteiger partial charge in [-0.3, -0.25) is 0 Å². The minimum absolute atomic E-state index is 0.0649. The Kier molecular flexibility index (Phi) is 7.75. The minimum Gasteiger partial charge on any atom is -0.378 e. The molecule has 11 heteroatoms. The van der Waals surface area contributed by atoms with Gasteiger partial charge in [-0.2, -0.15) is 0 Å². The van der Waals surface area contributed by atoms with Crippen molar-refractivity contribution in [2.45, 2.75) is 69.8 Å². The van der Waals surface area contributed by atoms with E-state index in [0.29, 0.717) is 36.8 Å². The molecule has 2 aromatic heterocycles. The summed E-state index contributed by atoms with van der Waals surface area (Å²) < 4.78 is 43.5. The van der Waals surface area contributed by atoms with Crippen molar-refractivity contribution in [2.75, 3.05) is 35.9 Å². The van der Waals surface area contributed by atoms with Crippen LogP contribution in [0.25, 0.3) is 10.8 Å². The predicted molar refractivity (Wildman–Crippen MR) is 157 cm³/mol. The number of hydrogen-bond donors (Lipinski definition) is 2. The minimum atomic E-state index is -3.04. The number of nitrogens with one attached hydrogen (secondary N) is 1. The van der Waals surface area contributed by atoms with E-state index in [1.807, 2.05) is 32.2 Å². The third-order valence-electron chi connectivity index (χ3n) is 8.31. The Morgan fingerprint density at radius 1 is 1.18 bits per heavy atom. The predicted octanol–water partition coefficient (Wildman–Crippen LogP) is 4.45. The summed E-state index contributed by atoms with van der Waals surface area (Å²) >= 11 is 0. The zero-order valence-corrected chi connectivity index (χ0v) is 24.6. The van der Waals surface area contributed by atoms with Crippen molar-refractivity contribution >= 4 is 37.9 Å². The van der Waals surface area contributed by atoms with Crippen LogP contribution in [0.5, 0.6) is 0 Å². The quantitative estimate of drug-likeness (QED) is 0.404. The second-order valence-electron chi connectivity index (χ2n) is 11.9. The monoisotopic (exact) mass is 570 g/mol. The van der Waals surface area contributed by atoms with Crippen LogP contribution in [0.1, 0.15) is 57.3 Å². The molecule has 1 saturated heterocycles. The van der Waals surface area contributed by atoms with Gasteiger partial charge in [0.1, 0.15) is 33.5 Å². The van der Waals surface area contributed by atoms with E-state index in [1.54, 1.807) is 19.4 Å². The third kappa shape index (κ3) is 5.91. The second-order valence-corrected chi connectivity index (χ2v) is 14.1. The van der Waals surface area contributed by atoms with Gasteiger partial charge in [0, 0.05) is 66.8 Å². The summed E-state index contributed by atoms with van der Waals surface area (Å²) in [7, 11) is -1.49. The van der Waals surface area contributed by atoms with E-state index in [9.17, 15) is 12.8 Å². The van der Waals surface area contributed by atoms with Gasteiger partial charge in [-0.25, -0.2) is 27.8 Å². The number of pyridine rings is 1. The Bertz CT molecular complexity index is 1490. The number of methoxy groups -OCH3 is 1. The standard InChI is InChI=1S/C29H39FN6O3S/c1-17-19(16-40(5,37)38)15-36(17)24-8-7-22(29(2,3)31)20-13-27(33-14-21(20)24)34-26-10-11-32-28(35-26)18-6-9-25(39-4)23(30)12-18/h7-8,10-11,13-14,17-19,23,25H,6,9,12,15-16,31H2,1-5H3,(H,32,33,34,35)/t17-,18?,19?,23-,25+/m1/s1.